The van der Waals surface area contributed by atoms with Crippen LogP contribution in [0.15, 0.2) is 6.20 Å². The van der Waals surface area contributed by atoms with E-state index in [1.165, 1.54) is 0 Å². The minimum atomic E-state index is -0.535. The van der Waals surface area contributed by atoms with Gasteiger partial charge >= 0.3 is 11.8 Å². The Hall–Kier alpha value is -3.18. The van der Waals surface area contributed by atoms with Crippen molar-refractivity contribution in [1.82, 2.24) is 20.2 Å². The van der Waals surface area contributed by atoms with Crippen molar-refractivity contribution in [1.29, 1.82) is 0 Å². The zero-order chi connectivity index (χ0) is 24.7. The van der Waals surface area contributed by atoms with E-state index < -0.39 is 16.6 Å². The van der Waals surface area contributed by atoms with Gasteiger partial charge in [0.1, 0.15) is 11.8 Å². The van der Waals surface area contributed by atoms with Crippen molar-refractivity contribution in [2.24, 2.45) is 5.92 Å². The predicted molar refractivity (Wildman–Crippen MR) is 127 cm³/mol. The number of likely N-dealkylation sites (tertiary alicyclic amines) is 1. The summed E-state index contributed by atoms with van der Waals surface area (Å²) < 4.78 is 5.31. The van der Waals surface area contributed by atoms with Gasteiger partial charge in [-0.2, -0.15) is 4.98 Å². The molecular weight excluding hydrogens is 442 g/mol. The third-order valence-corrected chi connectivity index (χ3v) is 5.95. The average Bonchev–Trinajstić information content (AvgIpc) is 3.30. The predicted octanol–water partition coefficient (Wildman–Crippen LogP) is 2.91. The summed E-state index contributed by atoms with van der Waals surface area (Å²) in [6, 6.07) is 0.0587. The van der Waals surface area contributed by atoms with E-state index in [1.807, 2.05) is 20.8 Å². The van der Waals surface area contributed by atoms with Gasteiger partial charge in [0.15, 0.2) is 0 Å². The summed E-state index contributed by atoms with van der Waals surface area (Å²) in [4.78, 5) is 45.1. The topological polar surface area (TPSA) is 152 Å². The molecule has 2 fully saturated rings. The molecule has 188 valence electrons. The second kappa shape index (κ2) is 11.3. The number of rotatable bonds is 8. The Balaban J connectivity index is 1.49. The highest BCUT2D eigenvalue weighted by atomic mass is 16.6. The number of carbonyl (C=O) groups excluding carboxylic acids is 2. The molecule has 3 N–H and O–H groups in total. The molecule has 12 heteroatoms. The summed E-state index contributed by atoms with van der Waals surface area (Å²) in [7, 11) is 0. The molecule has 0 radical (unpaired) electrons. The maximum Gasteiger partial charge on any atom is 0.407 e. The number of alkyl carbamates (subject to hydrolysis) is 1. The highest BCUT2D eigenvalue weighted by molar-refractivity contribution is 5.80. The van der Waals surface area contributed by atoms with Crippen molar-refractivity contribution < 1.29 is 19.2 Å². The maximum absolute atomic E-state index is 12.2. The summed E-state index contributed by atoms with van der Waals surface area (Å²) in [5, 5.41) is 20.3. The smallest absolute Gasteiger partial charge is 0.407 e. The van der Waals surface area contributed by atoms with E-state index in [4.69, 9.17) is 4.74 Å². The second-order valence-corrected chi connectivity index (χ2v) is 9.87. The number of nitrogens with zero attached hydrogens (tertiary/aromatic N) is 4. The van der Waals surface area contributed by atoms with Crippen LogP contribution in [-0.2, 0) is 9.53 Å². The highest BCUT2D eigenvalue weighted by Gasteiger charge is 2.26. The molecule has 0 spiro atoms. The van der Waals surface area contributed by atoms with Crippen LogP contribution in [0.4, 0.5) is 22.2 Å². The Morgan fingerprint density at radius 2 is 1.85 bits per heavy atom. The molecule has 1 saturated heterocycles. The molecule has 2 amide bonds. The van der Waals surface area contributed by atoms with Crippen LogP contribution in [0.2, 0.25) is 0 Å². The average molecular weight is 478 g/mol. The fraction of sp³-hybridized carbons (Fsp3) is 0.727. The van der Waals surface area contributed by atoms with Gasteiger partial charge in [-0.3, -0.25) is 14.9 Å². The van der Waals surface area contributed by atoms with Crippen LogP contribution in [0, 0.1) is 16.0 Å². The molecule has 12 nitrogen and oxygen atoms in total. The number of carbonyl (C=O) groups is 2. The molecule has 1 aromatic heterocycles. The number of nitrogens with one attached hydrogen (secondary N) is 3. The number of anilines is 2. The minimum absolute atomic E-state index is 0.0364. The number of nitro groups is 1. The van der Waals surface area contributed by atoms with Crippen molar-refractivity contribution in [2.75, 3.05) is 36.8 Å². The molecule has 1 saturated carbocycles. The Bertz CT molecular complexity index is 875. The fourth-order valence-electron chi connectivity index (χ4n) is 4.18. The van der Waals surface area contributed by atoms with Crippen LogP contribution in [0.3, 0.4) is 0 Å². The molecule has 1 aromatic rings. The zero-order valence-corrected chi connectivity index (χ0v) is 20.1. The van der Waals surface area contributed by atoms with Crippen LogP contribution in [0.25, 0.3) is 0 Å². The summed E-state index contributed by atoms with van der Waals surface area (Å²) in [5.41, 5.74) is -0.746. The summed E-state index contributed by atoms with van der Waals surface area (Å²) in [5.74, 6) is 0.557. The lowest BCUT2D eigenvalue weighted by atomic mass is 9.86. The molecule has 0 unspecified atom stereocenters. The summed E-state index contributed by atoms with van der Waals surface area (Å²) >= 11 is 0. The first-order chi connectivity index (χ1) is 16.1. The Kier molecular flexibility index (Phi) is 8.46. The SMILES string of the molecule is CC(C)(C)OC(=O)N[C@H]1CC[C@H](CNc2nc(NCC(=O)N3CCCC3)ncc2[N+](=O)[O-])CC1. The highest BCUT2D eigenvalue weighted by Crippen LogP contribution is 2.27. The van der Waals surface area contributed by atoms with Crippen molar-refractivity contribution in [3.8, 4) is 0 Å². The third kappa shape index (κ3) is 7.70. The van der Waals surface area contributed by atoms with Gasteiger partial charge in [0, 0.05) is 25.7 Å². The van der Waals surface area contributed by atoms with E-state index in [1.54, 1.807) is 4.90 Å². The van der Waals surface area contributed by atoms with E-state index in [2.05, 4.69) is 25.9 Å². The van der Waals surface area contributed by atoms with E-state index in [9.17, 15) is 19.7 Å². The summed E-state index contributed by atoms with van der Waals surface area (Å²) in [6.07, 6.45) is 6.10. The molecule has 3 rings (SSSR count). The van der Waals surface area contributed by atoms with Crippen LogP contribution in [0.1, 0.15) is 59.3 Å². The van der Waals surface area contributed by atoms with Crippen molar-refractivity contribution >= 4 is 29.5 Å². The van der Waals surface area contributed by atoms with Crippen LogP contribution in [0.5, 0.6) is 0 Å². The molecule has 0 atom stereocenters. The first-order valence-electron chi connectivity index (χ1n) is 11.9. The van der Waals surface area contributed by atoms with E-state index in [0.717, 1.165) is 57.8 Å². The molecule has 0 aromatic carbocycles. The lowest BCUT2D eigenvalue weighted by Gasteiger charge is -2.30. The number of hydrogen-bond donors (Lipinski definition) is 3. The van der Waals surface area contributed by atoms with Crippen molar-refractivity contribution in [3.05, 3.63) is 16.3 Å². The van der Waals surface area contributed by atoms with Crippen LogP contribution < -0.4 is 16.0 Å². The zero-order valence-electron chi connectivity index (χ0n) is 20.1. The Morgan fingerprint density at radius 3 is 2.47 bits per heavy atom. The van der Waals surface area contributed by atoms with Gasteiger partial charge in [-0.15, -0.1) is 0 Å². The quantitative estimate of drug-likeness (QED) is 0.379. The van der Waals surface area contributed by atoms with E-state index >= 15 is 0 Å². The van der Waals surface area contributed by atoms with Gasteiger partial charge in [-0.1, -0.05) is 0 Å². The van der Waals surface area contributed by atoms with Gasteiger partial charge in [-0.25, -0.2) is 9.78 Å². The molecule has 34 heavy (non-hydrogen) atoms. The summed E-state index contributed by atoms with van der Waals surface area (Å²) in [6.45, 7) is 7.55. The van der Waals surface area contributed by atoms with E-state index in [-0.39, 0.29) is 35.9 Å². The lowest BCUT2D eigenvalue weighted by molar-refractivity contribution is -0.384. The monoisotopic (exact) mass is 477 g/mol. The second-order valence-electron chi connectivity index (χ2n) is 9.87. The maximum atomic E-state index is 12.2. The normalized spacial score (nSPS) is 20.5. The molecular formula is C22H35N7O5. The van der Waals surface area contributed by atoms with Crippen LogP contribution >= 0.6 is 0 Å². The number of aromatic nitrogens is 2. The largest absolute Gasteiger partial charge is 0.444 e. The van der Waals surface area contributed by atoms with Crippen molar-refractivity contribution in [3.63, 3.8) is 0 Å². The van der Waals surface area contributed by atoms with E-state index in [0.29, 0.717) is 12.5 Å². The molecule has 1 aliphatic carbocycles. The molecule has 1 aliphatic heterocycles. The van der Waals surface area contributed by atoms with Gasteiger partial charge in [0.2, 0.25) is 17.7 Å². The van der Waals surface area contributed by atoms with Gasteiger partial charge < -0.3 is 25.6 Å². The minimum Gasteiger partial charge on any atom is -0.444 e. The lowest BCUT2D eigenvalue weighted by Crippen LogP contribution is -2.41. The number of amides is 2. The standard InChI is InChI=1S/C22H35N7O5/c1-22(2,3)34-21(31)26-16-8-6-15(7-9-16)12-23-19-17(29(32)33)13-24-20(27-19)25-14-18(30)28-10-4-5-11-28/h13,15-16H,4-12,14H2,1-3H3,(H,26,31)(H2,23,24,25,27)/t15-,16-. The Morgan fingerprint density at radius 1 is 1.18 bits per heavy atom. The van der Waals surface area contributed by atoms with Gasteiger partial charge in [0.25, 0.3) is 0 Å². The van der Waals surface area contributed by atoms with Crippen molar-refractivity contribution in [2.45, 2.75) is 70.9 Å². The molecule has 2 aliphatic rings. The van der Waals surface area contributed by atoms with Gasteiger partial charge in [-0.05, 0) is 65.2 Å². The molecule has 2 heterocycles. The molecule has 0 bridgehead atoms. The Labute approximate surface area is 199 Å². The number of hydrogen-bond acceptors (Lipinski definition) is 9. The fourth-order valence-corrected chi connectivity index (χ4v) is 4.18. The first kappa shape index (κ1) is 25.4. The number of ether oxygens (including phenoxy) is 1. The third-order valence-electron chi connectivity index (χ3n) is 5.95. The van der Waals surface area contributed by atoms with Crippen LogP contribution in [-0.4, -0.2) is 69.6 Å². The van der Waals surface area contributed by atoms with Gasteiger partial charge in [0.05, 0.1) is 11.5 Å². The first-order valence-corrected chi connectivity index (χ1v) is 11.9.